The number of nitrogens with zero attached hydrogens (tertiary/aromatic N) is 4. The molecule has 22 heavy (non-hydrogen) atoms. The number of aryl methyl sites for hydroxylation is 1. The van der Waals surface area contributed by atoms with Crippen molar-refractivity contribution in [3.05, 3.63) is 17.5 Å². The third-order valence-electron chi connectivity index (χ3n) is 3.97. The lowest BCUT2D eigenvalue weighted by Crippen LogP contribution is -2.50. The van der Waals surface area contributed by atoms with E-state index in [4.69, 9.17) is 0 Å². The summed E-state index contributed by atoms with van der Waals surface area (Å²) < 4.78 is 66.8. The van der Waals surface area contributed by atoms with Gasteiger partial charge in [0.05, 0.1) is 12.2 Å². The molecule has 124 valence electrons. The van der Waals surface area contributed by atoms with E-state index in [0.717, 1.165) is 23.6 Å². The maximum Gasteiger partial charge on any atom is 0.435 e. The second kappa shape index (κ2) is 5.20. The first-order chi connectivity index (χ1) is 10.2. The second-order valence-electron chi connectivity index (χ2n) is 5.68. The molecule has 1 aromatic rings. The van der Waals surface area contributed by atoms with Crippen molar-refractivity contribution in [3.8, 4) is 0 Å². The first-order valence-electron chi connectivity index (χ1n) is 7.06. The van der Waals surface area contributed by atoms with Gasteiger partial charge in [-0.15, -0.1) is 0 Å². The molecule has 0 amide bonds. The average Bonchev–Trinajstić information content (AvgIpc) is 3.15. The average molecular weight is 338 g/mol. The fourth-order valence-corrected chi connectivity index (χ4v) is 4.55. The summed E-state index contributed by atoms with van der Waals surface area (Å²) in [7, 11) is -2.21. The predicted molar refractivity (Wildman–Crippen MR) is 71.9 cm³/mol. The Bertz CT molecular complexity index is 666. The van der Waals surface area contributed by atoms with Gasteiger partial charge in [-0.05, 0) is 25.3 Å². The monoisotopic (exact) mass is 338 g/mol. The molecule has 0 aromatic carbocycles. The van der Waals surface area contributed by atoms with Crippen LogP contribution in [0.3, 0.4) is 0 Å². The molecule has 2 fully saturated rings. The number of alkyl halides is 3. The Labute approximate surface area is 126 Å². The number of hydrogen-bond donors (Lipinski definition) is 0. The van der Waals surface area contributed by atoms with Gasteiger partial charge in [0.25, 0.3) is 10.2 Å². The molecule has 0 spiro atoms. The van der Waals surface area contributed by atoms with Gasteiger partial charge in [-0.2, -0.15) is 35.3 Å². The highest BCUT2D eigenvalue weighted by molar-refractivity contribution is 7.86. The molecule has 3 rings (SSSR count). The molecule has 6 nitrogen and oxygen atoms in total. The van der Waals surface area contributed by atoms with E-state index >= 15 is 0 Å². The molecule has 0 unspecified atom stereocenters. The van der Waals surface area contributed by atoms with Crippen molar-refractivity contribution < 1.29 is 21.6 Å². The number of halogens is 3. The van der Waals surface area contributed by atoms with Crippen LogP contribution in [0.4, 0.5) is 13.2 Å². The van der Waals surface area contributed by atoms with Gasteiger partial charge in [-0.25, -0.2) is 0 Å². The molecule has 0 atom stereocenters. The highest BCUT2D eigenvalue weighted by Gasteiger charge is 2.43. The number of aromatic nitrogens is 2. The molecule has 1 aromatic heterocycles. The maximum absolute atomic E-state index is 12.7. The van der Waals surface area contributed by atoms with Crippen LogP contribution >= 0.6 is 0 Å². The predicted octanol–water partition coefficient (Wildman–Crippen LogP) is 1.35. The second-order valence-corrected chi connectivity index (χ2v) is 7.56. The van der Waals surface area contributed by atoms with Crippen LogP contribution in [0.1, 0.15) is 30.7 Å². The van der Waals surface area contributed by atoms with E-state index in [1.54, 1.807) is 0 Å². The van der Waals surface area contributed by atoms with Crippen molar-refractivity contribution >= 4 is 10.2 Å². The molecule has 2 heterocycles. The largest absolute Gasteiger partial charge is 0.435 e. The van der Waals surface area contributed by atoms with Gasteiger partial charge in [-0.1, -0.05) is 0 Å². The van der Waals surface area contributed by atoms with E-state index in [2.05, 4.69) is 5.10 Å². The van der Waals surface area contributed by atoms with Gasteiger partial charge in [0.15, 0.2) is 5.69 Å². The van der Waals surface area contributed by atoms with Crippen LogP contribution in [0, 0.1) is 0 Å². The van der Waals surface area contributed by atoms with Gasteiger partial charge >= 0.3 is 6.18 Å². The van der Waals surface area contributed by atoms with E-state index < -0.39 is 22.1 Å². The zero-order valence-electron chi connectivity index (χ0n) is 12.0. The molecule has 0 N–H and O–H groups in total. The van der Waals surface area contributed by atoms with Crippen LogP contribution in [0.15, 0.2) is 6.07 Å². The Morgan fingerprint density at radius 2 is 2.00 bits per heavy atom. The van der Waals surface area contributed by atoms with E-state index in [-0.39, 0.29) is 18.3 Å². The Hall–Kier alpha value is -1.13. The first-order valence-corrected chi connectivity index (χ1v) is 8.46. The fraction of sp³-hybridized carbons (Fsp3) is 0.750. The molecular formula is C12H17F3N4O2S. The van der Waals surface area contributed by atoms with Crippen molar-refractivity contribution in [2.75, 3.05) is 13.1 Å². The van der Waals surface area contributed by atoms with Gasteiger partial charge < -0.3 is 0 Å². The summed E-state index contributed by atoms with van der Waals surface area (Å²) in [5, 5.41) is 3.42. The lowest BCUT2D eigenvalue weighted by atomic mass is 10.3. The van der Waals surface area contributed by atoms with E-state index in [1.807, 2.05) is 0 Å². The van der Waals surface area contributed by atoms with Crippen LogP contribution in [-0.2, 0) is 30.0 Å². The van der Waals surface area contributed by atoms with Crippen molar-refractivity contribution in [1.29, 1.82) is 0 Å². The van der Waals surface area contributed by atoms with Crippen molar-refractivity contribution in [3.63, 3.8) is 0 Å². The topological polar surface area (TPSA) is 58.4 Å². The lowest BCUT2D eigenvalue weighted by Gasteiger charge is -2.34. The summed E-state index contributed by atoms with van der Waals surface area (Å²) in [6.45, 7) is 0.714. The smallest absolute Gasteiger partial charge is 0.271 e. The molecule has 0 radical (unpaired) electrons. The lowest BCUT2D eigenvalue weighted by molar-refractivity contribution is -0.141. The molecule has 1 aliphatic heterocycles. The standard InChI is InChI=1S/C12H17F3N4O2S/c1-17-10(7-11(16-17)12(13,14)15)8-18-5-2-6-19(9-3-4-9)22(18,20)21/h7,9H,2-6,8H2,1H3. The maximum atomic E-state index is 12.7. The number of hydrogen-bond acceptors (Lipinski definition) is 3. The highest BCUT2D eigenvalue weighted by atomic mass is 32.2. The summed E-state index contributed by atoms with van der Waals surface area (Å²) in [6.07, 6.45) is -2.13. The van der Waals surface area contributed by atoms with Crippen LogP contribution in [0.5, 0.6) is 0 Å². The zero-order valence-corrected chi connectivity index (χ0v) is 12.9. The summed E-state index contributed by atoms with van der Waals surface area (Å²) in [6, 6.07) is 0.969. The van der Waals surface area contributed by atoms with Crippen LogP contribution in [0.2, 0.25) is 0 Å². The third-order valence-corrected chi connectivity index (χ3v) is 6.01. The SMILES string of the molecule is Cn1nc(C(F)(F)F)cc1CN1CCCN(C2CC2)S1(=O)=O. The molecular weight excluding hydrogens is 321 g/mol. The minimum Gasteiger partial charge on any atom is -0.271 e. The molecule has 2 aliphatic rings. The fourth-order valence-electron chi connectivity index (χ4n) is 2.65. The van der Waals surface area contributed by atoms with Crippen molar-refractivity contribution in [1.82, 2.24) is 18.4 Å². The first kappa shape index (κ1) is 15.8. The number of rotatable bonds is 3. The van der Waals surface area contributed by atoms with Crippen LogP contribution < -0.4 is 0 Å². The summed E-state index contributed by atoms with van der Waals surface area (Å²) in [5.41, 5.74) is -0.771. The van der Waals surface area contributed by atoms with Crippen LogP contribution in [0.25, 0.3) is 0 Å². The Morgan fingerprint density at radius 3 is 2.55 bits per heavy atom. The Morgan fingerprint density at radius 1 is 1.32 bits per heavy atom. The van der Waals surface area contributed by atoms with E-state index in [0.29, 0.717) is 19.5 Å². The van der Waals surface area contributed by atoms with Crippen molar-refractivity contribution in [2.45, 2.75) is 38.0 Å². The normalized spacial score (nSPS) is 23.8. The Balaban J connectivity index is 1.82. The van der Waals surface area contributed by atoms with Gasteiger partial charge in [0.1, 0.15) is 0 Å². The quantitative estimate of drug-likeness (QED) is 0.836. The summed E-state index contributed by atoms with van der Waals surface area (Å²) >= 11 is 0. The Kier molecular flexibility index (Phi) is 3.73. The van der Waals surface area contributed by atoms with E-state index in [9.17, 15) is 21.6 Å². The molecule has 1 saturated heterocycles. The zero-order chi connectivity index (χ0) is 16.1. The van der Waals surface area contributed by atoms with E-state index in [1.165, 1.54) is 15.7 Å². The van der Waals surface area contributed by atoms with Gasteiger partial charge in [0.2, 0.25) is 0 Å². The molecule has 1 saturated carbocycles. The minimum atomic E-state index is -4.53. The van der Waals surface area contributed by atoms with Gasteiger partial charge in [-0.3, -0.25) is 4.68 Å². The van der Waals surface area contributed by atoms with Gasteiger partial charge in [0, 0.05) is 26.2 Å². The third kappa shape index (κ3) is 2.86. The molecule has 1 aliphatic carbocycles. The highest BCUT2D eigenvalue weighted by Crippen LogP contribution is 2.34. The minimum absolute atomic E-state index is 0.0603. The molecule has 0 bridgehead atoms. The van der Waals surface area contributed by atoms with Crippen LogP contribution in [-0.4, -0.2) is 45.9 Å². The van der Waals surface area contributed by atoms with Crippen molar-refractivity contribution in [2.24, 2.45) is 7.05 Å². The summed E-state index contributed by atoms with van der Waals surface area (Å²) in [5.74, 6) is 0. The molecule has 10 heteroatoms. The summed E-state index contributed by atoms with van der Waals surface area (Å²) in [4.78, 5) is 0.